The van der Waals surface area contributed by atoms with E-state index in [1.54, 1.807) is 0 Å². The molecule has 1 fully saturated rings. The summed E-state index contributed by atoms with van der Waals surface area (Å²) in [4.78, 5) is 8.59. The van der Waals surface area contributed by atoms with Gasteiger partial charge in [0.2, 0.25) is 0 Å². The summed E-state index contributed by atoms with van der Waals surface area (Å²) in [7, 11) is 0. The molecule has 2 rings (SSSR count). The van der Waals surface area contributed by atoms with E-state index in [1.807, 2.05) is 6.20 Å². The second kappa shape index (κ2) is 4.47. The molecule has 0 spiro atoms. The number of aromatic nitrogens is 2. The molecule has 82 valence electrons. The normalized spacial score (nSPS) is 26.5. The van der Waals surface area contributed by atoms with Gasteiger partial charge in [0.25, 0.3) is 0 Å². The Bertz CT molecular complexity index is 346. The van der Waals surface area contributed by atoms with Crippen molar-refractivity contribution in [2.24, 2.45) is 5.92 Å². The van der Waals surface area contributed by atoms with Crippen molar-refractivity contribution in [3.8, 4) is 0 Å². The van der Waals surface area contributed by atoms with Gasteiger partial charge in [-0.15, -0.1) is 0 Å². The van der Waals surface area contributed by atoms with Gasteiger partial charge in [-0.25, -0.2) is 9.97 Å². The summed E-state index contributed by atoms with van der Waals surface area (Å²) in [6, 6.07) is 0. The Labute approximate surface area is 98.6 Å². The van der Waals surface area contributed by atoms with Crippen LogP contribution in [0.5, 0.6) is 0 Å². The van der Waals surface area contributed by atoms with E-state index in [0.717, 1.165) is 11.6 Å². The summed E-state index contributed by atoms with van der Waals surface area (Å²) in [6.45, 7) is 2.32. The minimum absolute atomic E-state index is 0.475. The van der Waals surface area contributed by atoms with E-state index >= 15 is 0 Å². The molecule has 1 aromatic heterocycles. The fourth-order valence-electron chi connectivity index (χ4n) is 2.14. The highest BCUT2D eigenvalue weighted by Crippen LogP contribution is 2.35. The lowest BCUT2D eigenvalue weighted by Crippen LogP contribution is -2.12. The van der Waals surface area contributed by atoms with Crippen LogP contribution in [0, 0.1) is 5.92 Å². The summed E-state index contributed by atoms with van der Waals surface area (Å²) >= 11 is 3.33. The summed E-state index contributed by atoms with van der Waals surface area (Å²) in [5.41, 5.74) is 6.71. The van der Waals surface area contributed by atoms with Crippen LogP contribution in [0.2, 0.25) is 0 Å². The zero-order valence-corrected chi connectivity index (χ0v) is 10.5. The van der Waals surface area contributed by atoms with Crippen molar-refractivity contribution in [2.75, 3.05) is 5.73 Å². The fourth-order valence-corrected chi connectivity index (χ4v) is 2.45. The molecule has 0 radical (unpaired) electrons. The third-order valence-corrected chi connectivity index (χ3v) is 3.79. The van der Waals surface area contributed by atoms with E-state index in [2.05, 4.69) is 32.8 Å². The van der Waals surface area contributed by atoms with Crippen molar-refractivity contribution < 1.29 is 0 Å². The molecule has 0 bridgehead atoms. The summed E-state index contributed by atoms with van der Waals surface area (Å²) < 4.78 is 0.679. The summed E-state index contributed by atoms with van der Waals surface area (Å²) in [5.74, 6) is 1.92. The van der Waals surface area contributed by atoms with Crippen LogP contribution in [0.25, 0.3) is 0 Å². The minimum atomic E-state index is 0.475. The number of nitrogen functional groups attached to an aromatic ring is 1. The average molecular weight is 270 g/mol. The van der Waals surface area contributed by atoms with Gasteiger partial charge in [0.05, 0.1) is 11.9 Å². The van der Waals surface area contributed by atoms with Gasteiger partial charge in [0.1, 0.15) is 4.60 Å². The van der Waals surface area contributed by atoms with E-state index in [1.165, 1.54) is 25.7 Å². The van der Waals surface area contributed by atoms with Crippen molar-refractivity contribution in [1.29, 1.82) is 0 Å². The predicted octanol–water partition coefficient (Wildman–Crippen LogP) is 3.12. The van der Waals surface area contributed by atoms with Crippen LogP contribution in [0.4, 0.5) is 5.82 Å². The molecule has 0 amide bonds. The third kappa shape index (κ3) is 2.48. The second-order valence-corrected chi connectivity index (χ2v) is 5.18. The Morgan fingerprint density at radius 1 is 1.33 bits per heavy atom. The van der Waals surface area contributed by atoms with Gasteiger partial charge >= 0.3 is 0 Å². The van der Waals surface area contributed by atoms with Gasteiger partial charge in [-0.2, -0.15) is 0 Å². The molecule has 4 heteroatoms. The molecule has 0 unspecified atom stereocenters. The van der Waals surface area contributed by atoms with Crippen molar-refractivity contribution >= 4 is 21.7 Å². The SMILES string of the molecule is C[C@H]1CC[C@@H](c2cnc(N)c(Br)n2)CC1. The maximum Gasteiger partial charge on any atom is 0.156 e. The molecule has 0 atom stereocenters. The summed E-state index contributed by atoms with van der Waals surface area (Å²) in [6.07, 6.45) is 6.88. The highest BCUT2D eigenvalue weighted by atomic mass is 79.9. The molecule has 15 heavy (non-hydrogen) atoms. The van der Waals surface area contributed by atoms with Crippen LogP contribution < -0.4 is 5.73 Å². The van der Waals surface area contributed by atoms with E-state index < -0.39 is 0 Å². The van der Waals surface area contributed by atoms with Gasteiger partial charge < -0.3 is 5.73 Å². The molecule has 1 heterocycles. The Hall–Kier alpha value is -0.640. The highest BCUT2D eigenvalue weighted by molar-refractivity contribution is 9.10. The standard InChI is InChI=1S/C11H16BrN3/c1-7-2-4-8(5-3-7)9-6-14-11(13)10(12)15-9/h6-8H,2-5H2,1H3,(H2,13,14)/t7-,8+. The van der Waals surface area contributed by atoms with E-state index in [4.69, 9.17) is 5.73 Å². The lowest BCUT2D eigenvalue weighted by molar-refractivity contribution is 0.343. The maximum atomic E-state index is 5.62. The Balaban J connectivity index is 2.12. The van der Waals surface area contributed by atoms with Gasteiger partial charge in [-0.3, -0.25) is 0 Å². The number of hydrogen-bond donors (Lipinski definition) is 1. The van der Waals surface area contributed by atoms with Gasteiger partial charge in [-0.1, -0.05) is 19.8 Å². The Kier molecular flexibility index (Phi) is 3.24. The van der Waals surface area contributed by atoms with Crippen LogP contribution in [-0.2, 0) is 0 Å². The number of hydrogen-bond acceptors (Lipinski definition) is 3. The quantitative estimate of drug-likeness (QED) is 0.853. The first kappa shape index (κ1) is 10.9. The molecular weight excluding hydrogens is 254 g/mol. The number of nitrogens with zero attached hydrogens (tertiary/aromatic N) is 2. The zero-order chi connectivity index (χ0) is 10.8. The van der Waals surface area contributed by atoms with Crippen molar-refractivity contribution in [2.45, 2.75) is 38.5 Å². The first-order valence-electron chi connectivity index (χ1n) is 5.44. The van der Waals surface area contributed by atoms with Crippen LogP contribution in [0.15, 0.2) is 10.8 Å². The van der Waals surface area contributed by atoms with Gasteiger partial charge in [-0.05, 0) is 34.7 Å². The molecule has 1 saturated carbocycles. The number of nitrogens with two attached hydrogens (primary N) is 1. The average Bonchev–Trinajstić information content (AvgIpc) is 2.23. The lowest BCUT2D eigenvalue weighted by Gasteiger charge is -2.25. The van der Waals surface area contributed by atoms with E-state index in [9.17, 15) is 0 Å². The van der Waals surface area contributed by atoms with Gasteiger partial charge in [0.15, 0.2) is 5.82 Å². The molecule has 0 aromatic carbocycles. The van der Waals surface area contributed by atoms with Crippen molar-refractivity contribution in [3.05, 3.63) is 16.5 Å². The monoisotopic (exact) mass is 269 g/mol. The summed E-state index contributed by atoms with van der Waals surface area (Å²) in [5, 5.41) is 0. The van der Waals surface area contributed by atoms with Crippen molar-refractivity contribution in [1.82, 2.24) is 9.97 Å². The third-order valence-electron chi connectivity index (χ3n) is 3.21. The van der Waals surface area contributed by atoms with Crippen LogP contribution in [-0.4, -0.2) is 9.97 Å². The molecule has 0 aliphatic heterocycles. The molecule has 1 aliphatic carbocycles. The highest BCUT2D eigenvalue weighted by Gasteiger charge is 2.21. The van der Waals surface area contributed by atoms with E-state index in [-0.39, 0.29) is 0 Å². The molecule has 3 nitrogen and oxygen atoms in total. The molecule has 1 aliphatic rings. The van der Waals surface area contributed by atoms with Crippen LogP contribution >= 0.6 is 15.9 Å². The Morgan fingerprint density at radius 3 is 2.60 bits per heavy atom. The van der Waals surface area contributed by atoms with Crippen LogP contribution in [0.1, 0.15) is 44.2 Å². The largest absolute Gasteiger partial charge is 0.381 e. The van der Waals surface area contributed by atoms with Crippen molar-refractivity contribution in [3.63, 3.8) is 0 Å². The van der Waals surface area contributed by atoms with E-state index in [0.29, 0.717) is 16.3 Å². The van der Waals surface area contributed by atoms with Crippen LogP contribution in [0.3, 0.4) is 0 Å². The lowest BCUT2D eigenvalue weighted by atomic mass is 9.81. The first-order valence-corrected chi connectivity index (χ1v) is 6.24. The fraction of sp³-hybridized carbons (Fsp3) is 0.636. The zero-order valence-electron chi connectivity index (χ0n) is 8.91. The maximum absolute atomic E-state index is 5.62. The Morgan fingerprint density at radius 2 is 2.00 bits per heavy atom. The minimum Gasteiger partial charge on any atom is -0.381 e. The molecule has 2 N–H and O–H groups in total. The number of anilines is 1. The second-order valence-electron chi connectivity index (χ2n) is 4.43. The molecule has 0 saturated heterocycles. The first-order chi connectivity index (χ1) is 7.16. The predicted molar refractivity (Wildman–Crippen MR) is 64.5 cm³/mol. The molecular formula is C11H16BrN3. The smallest absolute Gasteiger partial charge is 0.156 e. The number of halogens is 1. The molecule has 1 aromatic rings. The van der Waals surface area contributed by atoms with Gasteiger partial charge in [0, 0.05) is 5.92 Å². The number of rotatable bonds is 1. The topological polar surface area (TPSA) is 51.8 Å².